The molecule has 0 saturated carbocycles. The normalized spacial score (nSPS) is 10.5. The summed E-state index contributed by atoms with van der Waals surface area (Å²) in [5, 5.41) is 0. The molecule has 0 heterocycles. The van der Waals surface area contributed by atoms with E-state index < -0.39 is 18.1 Å². The second-order valence-electron chi connectivity index (χ2n) is 5.06. The Balaban J connectivity index is -0.000000127. The second kappa shape index (κ2) is 25.4. The van der Waals surface area contributed by atoms with E-state index in [4.69, 9.17) is 26.6 Å². The summed E-state index contributed by atoms with van der Waals surface area (Å²) < 4.78 is 53.3. The fraction of sp³-hybridized carbons (Fsp3) is 1.00. The molecule has 26 heavy (non-hydrogen) atoms. The van der Waals surface area contributed by atoms with Crippen LogP contribution in [0.5, 0.6) is 0 Å². The monoisotopic (exact) mass is 460 g/mol. The highest BCUT2D eigenvalue weighted by Crippen LogP contribution is 1.95. The first-order valence-electron chi connectivity index (χ1n) is 8.33. The Kier molecular flexibility index (Phi) is 33.2. The molecular weight excluding hydrogens is 424 g/mol. The average molecular weight is 461 g/mol. The fourth-order valence-corrected chi connectivity index (χ4v) is 1.41. The molecule has 0 unspecified atom stereocenters. The highest BCUT2D eigenvalue weighted by Gasteiger charge is 1.87. The van der Waals surface area contributed by atoms with E-state index >= 15 is 0 Å². The Bertz CT molecular complexity index is 379. The summed E-state index contributed by atoms with van der Waals surface area (Å²) in [6.07, 6.45) is 10.6. The molecule has 14 heteroatoms. The highest BCUT2D eigenvalue weighted by atomic mass is 32.9. The van der Waals surface area contributed by atoms with Crippen molar-refractivity contribution in [1.82, 2.24) is 0 Å². The van der Waals surface area contributed by atoms with Crippen LogP contribution in [0, 0.1) is 0 Å². The van der Waals surface area contributed by atoms with E-state index in [0.29, 0.717) is 0 Å². The van der Waals surface area contributed by atoms with Crippen molar-refractivity contribution in [3.05, 3.63) is 0 Å². The fourth-order valence-electron chi connectivity index (χ4n) is 1.41. The van der Waals surface area contributed by atoms with Gasteiger partial charge in [0.25, 0.3) is 0 Å². The zero-order valence-corrected chi connectivity index (χ0v) is 18.7. The minimum atomic E-state index is -4.33. The van der Waals surface area contributed by atoms with Gasteiger partial charge in [-0.3, -0.25) is 8.42 Å². The van der Waals surface area contributed by atoms with Crippen molar-refractivity contribution in [2.24, 2.45) is 0 Å². The first-order chi connectivity index (χ1) is 11.8. The molecule has 0 aliphatic carbocycles. The van der Waals surface area contributed by atoms with Crippen molar-refractivity contribution in [3.8, 4) is 0 Å². The van der Waals surface area contributed by atoms with Crippen LogP contribution in [0.3, 0.4) is 0 Å². The first-order valence-corrected chi connectivity index (χ1v) is 13.0. The molecule has 10 nitrogen and oxygen atoms in total. The van der Waals surface area contributed by atoms with Crippen molar-refractivity contribution < 1.29 is 49.6 Å². The minimum Gasteiger partial charge on any atom is -0.780 e. The molecule has 0 rings (SSSR count). The van der Waals surface area contributed by atoms with Gasteiger partial charge in [0.1, 0.15) is 0 Å². The van der Waals surface area contributed by atoms with Crippen molar-refractivity contribution in [1.29, 1.82) is 0 Å². The van der Waals surface area contributed by atoms with Crippen LogP contribution in [0.2, 0.25) is 0 Å². The van der Waals surface area contributed by atoms with Gasteiger partial charge in [-0.1, -0.05) is 0 Å². The molecule has 0 aliphatic heterocycles. The van der Waals surface area contributed by atoms with E-state index in [1.54, 1.807) is 0 Å². The van der Waals surface area contributed by atoms with Gasteiger partial charge < -0.3 is 41.1 Å². The van der Waals surface area contributed by atoms with Crippen LogP contribution in [-0.4, -0.2) is 52.8 Å². The summed E-state index contributed by atoms with van der Waals surface area (Å²) in [5.41, 5.74) is 15.1. The Labute approximate surface area is 167 Å². The van der Waals surface area contributed by atoms with Crippen molar-refractivity contribution in [2.45, 2.75) is 51.4 Å². The molecule has 0 amide bonds. The molecule has 0 aromatic heterocycles. The third-order valence-corrected chi connectivity index (χ3v) is 2.50. The molecule has 0 aromatic carbocycles. The van der Waals surface area contributed by atoms with Gasteiger partial charge in [-0.05, 0) is 73.7 Å². The molecule has 0 saturated heterocycles. The van der Waals surface area contributed by atoms with Gasteiger partial charge in [0.15, 0.2) is 0 Å². The van der Waals surface area contributed by atoms with Crippen molar-refractivity contribution in [2.75, 3.05) is 26.2 Å². The number of rotatable bonds is 10. The number of quaternary nitrogens is 4. The molecule has 0 atom stereocenters. The predicted molar refractivity (Wildman–Crippen MR) is 102 cm³/mol. The molecule has 0 aliphatic rings. The van der Waals surface area contributed by atoms with Gasteiger partial charge in [0.05, 0.1) is 26.2 Å². The number of unbranched alkanes of at least 4 members (excludes halogenated alkanes) is 6. The van der Waals surface area contributed by atoms with Crippen LogP contribution < -0.4 is 22.9 Å². The standard InChI is InChI=1S/2C6H16N2.2H2O3S2/c2*7-5-3-1-2-4-6-8;2*1-5(2,3)4/h2*1-8H2;2*(H2,1,2,3,4). The molecule has 0 aromatic rings. The van der Waals surface area contributed by atoms with E-state index in [-0.39, 0.29) is 0 Å². The van der Waals surface area contributed by atoms with E-state index in [1.807, 2.05) is 0 Å². The van der Waals surface area contributed by atoms with Crippen LogP contribution in [-0.2, 0) is 40.5 Å². The maximum Gasteiger partial charge on any atom is 0.0739 e. The summed E-state index contributed by atoms with van der Waals surface area (Å²) in [4.78, 5) is 0. The predicted octanol–water partition coefficient (Wildman–Crippen LogP) is -3.95. The molecule has 12 N–H and O–H groups in total. The third kappa shape index (κ3) is 123. The quantitative estimate of drug-likeness (QED) is 0.234. The summed E-state index contributed by atoms with van der Waals surface area (Å²) in [6, 6.07) is 0. The minimum absolute atomic E-state index is 1.09. The third-order valence-electron chi connectivity index (χ3n) is 2.50. The molecule has 0 radical (unpaired) electrons. The Morgan fingerprint density at radius 2 is 0.615 bits per heavy atom. The van der Waals surface area contributed by atoms with Crippen LogP contribution in [0.25, 0.3) is 0 Å². The SMILES string of the molecule is O=S([O-])([O-])=S.O=S([O-])([O-])=S.[NH3+]CCCCCC[NH3+].[NH3+]CCCCCC[NH3+]. The molecular formula is C12H36N4O6S4. The average Bonchev–Trinajstić information content (AvgIpc) is 2.46. The van der Waals surface area contributed by atoms with Crippen LogP contribution >= 0.6 is 0 Å². The maximum absolute atomic E-state index is 8.89. The lowest BCUT2D eigenvalue weighted by Crippen LogP contribution is -2.50. The zero-order chi connectivity index (χ0) is 21.5. The van der Waals surface area contributed by atoms with Gasteiger partial charge in [-0.25, -0.2) is 0 Å². The van der Waals surface area contributed by atoms with Gasteiger partial charge in [-0.15, -0.1) is 18.1 Å². The second-order valence-corrected chi connectivity index (χ2v) is 9.14. The molecule has 0 spiro atoms. The summed E-state index contributed by atoms with van der Waals surface area (Å²) in [7, 11) is -8.67. The highest BCUT2D eigenvalue weighted by molar-refractivity contribution is 8.26. The summed E-state index contributed by atoms with van der Waals surface area (Å²) in [6.45, 7) is 4.38. The van der Waals surface area contributed by atoms with Crippen LogP contribution in [0.1, 0.15) is 51.4 Å². The smallest absolute Gasteiger partial charge is 0.0739 e. The number of hydrogen-bond acceptors (Lipinski definition) is 8. The van der Waals surface area contributed by atoms with E-state index in [2.05, 4.69) is 45.3 Å². The van der Waals surface area contributed by atoms with Gasteiger partial charge in [0, 0.05) is 0 Å². The number of hydrogen-bond donors (Lipinski definition) is 4. The van der Waals surface area contributed by atoms with Crippen molar-refractivity contribution in [3.63, 3.8) is 0 Å². The van der Waals surface area contributed by atoms with Crippen molar-refractivity contribution >= 4 is 40.5 Å². The van der Waals surface area contributed by atoms with E-state index in [1.165, 1.54) is 51.4 Å². The Hall–Kier alpha value is 0.420. The van der Waals surface area contributed by atoms with Gasteiger partial charge in [-0.2, -0.15) is 0 Å². The summed E-state index contributed by atoms with van der Waals surface area (Å²) in [5.74, 6) is 0. The molecule has 0 bridgehead atoms. The van der Waals surface area contributed by atoms with Gasteiger partial charge in [0.2, 0.25) is 0 Å². The lowest BCUT2D eigenvalue weighted by Gasteiger charge is -2.12. The Morgan fingerprint density at radius 3 is 0.692 bits per heavy atom. The molecule has 164 valence electrons. The lowest BCUT2D eigenvalue weighted by molar-refractivity contribution is -0.371. The van der Waals surface area contributed by atoms with Crippen LogP contribution in [0.15, 0.2) is 0 Å². The molecule has 0 fully saturated rings. The van der Waals surface area contributed by atoms with Crippen LogP contribution in [0.4, 0.5) is 0 Å². The lowest BCUT2D eigenvalue weighted by atomic mass is 10.2. The zero-order valence-electron chi connectivity index (χ0n) is 15.4. The maximum atomic E-state index is 8.89. The van der Waals surface area contributed by atoms with E-state index in [0.717, 1.165) is 26.2 Å². The van der Waals surface area contributed by atoms with Gasteiger partial charge >= 0.3 is 0 Å². The van der Waals surface area contributed by atoms with E-state index in [9.17, 15) is 0 Å². The first kappa shape index (κ1) is 34.0. The summed E-state index contributed by atoms with van der Waals surface area (Å²) >= 11 is 6.49. The topological polar surface area (TPSA) is 237 Å². The Morgan fingerprint density at radius 1 is 0.500 bits per heavy atom. The largest absolute Gasteiger partial charge is 0.780 e.